The summed E-state index contributed by atoms with van der Waals surface area (Å²) in [7, 11) is 0. The molecule has 0 aliphatic rings. The number of halogens is 1. The van der Waals surface area contributed by atoms with Gasteiger partial charge in [-0.25, -0.2) is 4.98 Å². The van der Waals surface area contributed by atoms with Gasteiger partial charge in [0.1, 0.15) is 5.65 Å². The average molecular weight is 358 g/mol. The number of rotatable bonds is 3. The largest absolute Gasteiger partial charge is 0.366 e. The molecule has 3 N–H and O–H groups in total. The Bertz CT molecular complexity index is 915. The van der Waals surface area contributed by atoms with Crippen LogP contribution in [-0.4, -0.2) is 21.7 Å². The third kappa shape index (κ3) is 2.31. The molecule has 3 rings (SSSR count). The summed E-state index contributed by atoms with van der Waals surface area (Å²) < 4.78 is 0.788. The highest BCUT2D eigenvalue weighted by atomic mass is 79.9. The molecule has 0 aliphatic heterocycles. The molecule has 110 valence electrons. The smallest absolute Gasteiger partial charge is 0.248 e. The summed E-state index contributed by atoms with van der Waals surface area (Å²) in [6.07, 6.45) is 3.29. The first-order chi connectivity index (χ1) is 10.5. The van der Waals surface area contributed by atoms with Gasteiger partial charge in [-0.05, 0) is 40.5 Å². The Morgan fingerprint density at radius 1 is 1.23 bits per heavy atom. The molecule has 0 unspecified atom stereocenters. The van der Waals surface area contributed by atoms with Crippen molar-refractivity contribution in [2.24, 2.45) is 5.73 Å². The summed E-state index contributed by atoms with van der Waals surface area (Å²) in [5.41, 5.74) is 7.87. The van der Waals surface area contributed by atoms with Crippen LogP contribution in [0.2, 0.25) is 0 Å². The summed E-state index contributed by atoms with van der Waals surface area (Å²) in [5, 5.41) is 0.725. The minimum atomic E-state index is -0.546. The number of hydrogen-bond acceptors (Lipinski definition) is 3. The summed E-state index contributed by atoms with van der Waals surface area (Å²) in [6, 6.07) is 6.79. The second-order valence-corrected chi connectivity index (χ2v) is 5.84. The van der Waals surface area contributed by atoms with Crippen LogP contribution in [0.1, 0.15) is 31.8 Å². The summed E-state index contributed by atoms with van der Waals surface area (Å²) in [4.78, 5) is 31.4. The third-order valence-corrected chi connectivity index (χ3v) is 4.02. The minimum Gasteiger partial charge on any atom is -0.366 e. The molecule has 1 aromatic carbocycles. The molecule has 0 saturated carbocycles. The van der Waals surface area contributed by atoms with Crippen LogP contribution in [0.3, 0.4) is 0 Å². The number of nitrogens with zero attached hydrogens (tertiary/aromatic N) is 1. The highest BCUT2D eigenvalue weighted by Gasteiger charge is 2.19. The lowest BCUT2D eigenvalue weighted by molar-refractivity contribution is 0.0999. The zero-order valence-corrected chi connectivity index (χ0v) is 13.3. The van der Waals surface area contributed by atoms with Crippen LogP contribution >= 0.6 is 15.9 Å². The molecule has 0 aliphatic carbocycles. The Hall–Kier alpha value is -2.47. The predicted molar refractivity (Wildman–Crippen MR) is 86.9 cm³/mol. The van der Waals surface area contributed by atoms with Crippen LogP contribution in [0.15, 0.2) is 41.1 Å². The number of aromatic amines is 1. The molecule has 5 nitrogen and oxygen atoms in total. The van der Waals surface area contributed by atoms with Crippen molar-refractivity contribution >= 4 is 38.7 Å². The van der Waals surface area contributed by atoms with Gasteiger partial charge in [-0.1, -0.05) is 12.1 Å². The van der Waals surface area contributed by atoms with E-state index in [0.717, 1.165) is 9.86 Å². The van der Waals surface area contributed by atoms with Crippen molar-refractivity contribution in [2.45, 2.75) is 6.92 Å². The fraction of sp³-hybridized carbons (Fsp3) is 0.0625. The van der Waals surface area contributed by atoms with Crippen LogP contribution < -0.4 is 5.73 Å². The van der Waals surface area contributed by atoms with Crippen LogP contribution in [-0.2, 0) is 0 Å². The minimum absolute atomic E-state index is 0.174. The highest BCUT2D eigenvalue weighted by molar-refractivity contribution is 9.10. The molecule has 6 heteroatoms. The Labute approximate surface area is 134 Å². The van der Waals surface area contributed by atoms with E-state index in [1.165, 1.54) is 0 Å². The number of carbonyl (C=O) groups excluding carboxylic acids is 2. The highest BCUT2D eigenvalue weighted by Crippen LogP contribution is 2.25. The number of ketones is 1. The van der Waals surface area contributed by atoms with E-state index in [1.807, 2.05) is 6.07 Å². The Balaban J connectivity index is 2.16. The van der Waals surface area contributed by atoms with E-state index in [2.05, 4.69) is 25.9 Å². The molecule has 0 bridgehead atoms. The molecular weight excluding hydrogens is 346 g/mol. The normalized spacial score (nSPS) is 10.8. The lowest BCUT2D eigenvalue weighted by Crippen LogP contribution is -2.15. The van der Waals surface area contributed by atoms with Crippen LogP contribution in [0.4, 0.5) is 0 Å². The molecule has 3 aromatic rings. The number of nitrogens with two attached hydrogens (primary N) is 1. The van der Waals surface area contributed by atoms with Crippen molar-refractivity contribution < 1.29 is 9.59 Å². The van der Waals surface area contributed by atoms with Crippen molar-refractivity contribution in [1.29, 1.82) is 0 Å². The number of carbonyl (C=O) groups is 2. The van der Waals surface area contributed by atoms with Gasteiger partial charge in [0.25, 0.3) is 0 Å². The second kappa shape index (κ2) is 5.38. The maximum atomic E-state index is 12.8. The Morgan fingerprint density at radius 3 is 2.68 bits per heavy atom. The van der Waals surface area contributed by atoms with Gasteiger partial charge in [0.05, 0.1) is 0 Å². The van der Waals surface area contributed by atoms with E-state index in [0.29, 0.717) is 27.9 Å². The molecule has 22 heavy (non-hydrogen) atoms. The molecule has 2 heterocycles. The molecule has 0 radical (unpaired) electrons. The fourth-order valence-electron chi connectivity index (χ4n) is 2.46. The second-order valence-electron chi connectivity index (χ2n) is 4.92. The molecule has 0 spiro atoms. The van der Waals surface area contributed by atoms with Crippen molar-refractivity contribution in [3.63, 3.8) is 0 Å². The zero-order valence-electron chi connectivity index (χ0n) is 11.7. The molecule has 1 amide bonds. The first-order valence-electron chi connectivity index (χ1n) is 6.56. The van der Waals surface area contributed by atoms with E-state index >= 15 is 0 Å². The Morgan fingerprint density at radius 2 is 1.95 bits per heavy atom. The zero-order chi connectivity index (χ0) is 15.9. The van der Waals surface area contributed by atoms with Gasteiger partial charge in [-0.2, -0.15) is 0 Å². The number of H-pyrrole nitrogens is 1. The average Bonchev–Trinajstić information content (AvgIpc) is 2.89. The molecule has 2 aromatic heterocycles. The summed E-state index contributed by atoms with van der Waals surface area (Å²) >= 11 is 3.35. The van der Waals surface area contributed by atoms with Gasteiger partial charge >= 0.3 is 0 Å². The SMILES string of the molecule is Cc1c(C(N)=O)cccc1C(=O)c1c[nH]c2ncc(Br)cc12. The van der Waals surface area contributed by atoms with E-state index in [9.17, 15) is 9.59 Å². The Kier molecular flexibility index (Phi) is 3.54. The van der Waals surface area contributed by atoms with E-state index < -0.39 is 5.91 Å². The number of primary amides is 1. The van der Waals surface area contributed by atoms with Crippen molar-refractivity contribution in [3.05, 3.63) is 63.4 Å². The van der Waals surface area contributed by atoms with Crippen LogP contribution in [0.25, 0.3) is 11.0 Å². The topological polar surface area (TPSA) is 88.8 Å². The lowest BCUT2D eigenvalue weighted by atomic mass is 9.95. The monoisotopic (exact) mass is 357 g/mol. The standard InChI is InChI=1S/C16H12BrN3O2/c1-8-10(3-2-4-11(8)15(18)22)14(21)13-7-20-16-12(13)5-9(17)6-19-16/h2-7H,1H3,(H2,18,22)(H,19,20). The van der Waals surface area contributed by atoms with Gasteiger partial charge in [-0.15, -0.1) is 0 Å². The number of amides is 1. The summed E-state index contributed by atoms with van der Waals surface area (Å²) in [6.45, 7) is 1.72. The lowest BCUT2D eigenvalue weighted by Gasteiger charge is -2.07. The predicted octanol–water partition coefficient (Wildman–Crippen LogP) is 2.96. The first-order valence-corrected chi connectivity index (χ1v) is 7.35. The fourth-order valence-corrected chi connectivity index (χ4v) is 2.79. The van der Waals surface area contributed by atoms with Gasteiger partial charge in [-0.3, -0.25) is 9.59 Å². The van der Waals surface area contributed by atoms with Crippen LogP contribution in [0, 0.1) is 6.92 Å². The maximum absolute atomic E-state index is 12.8. The first kappa shape index (κ1) is 14.5. The number of benzene rings is 1. The number of aromatic nitrogens is 2. The molecule has 0 atom stereocenters. The van der Waals surface area contributed by atoms with Gasteiger partial charge < -0.3 is 10.7 Å². The van der Waals surface area contributed by atoms with Crippen molar-refractivity contribution in [2.75, 3.05) is 0 Å². The summed E-state index contributed by atoms with van der Waals surface area (Å²) in [5.74, 6) is -0.720. The number of nitrogens with one attached hydrogen (secondary N) is 1. The number of hydrogen-bond donors (Lipinski definition) is 2. The van der Waals surface area contributed by atoms with E-state index in [-0.39, 0.29) is 5.78 Å². The molecular formula is C16H12BrN3O2. The van der Waals surface area contributed by atoms with Crippen molar-refractivity contribution in [3.8, 4) is 0 Å². The molecule has 0 saturated heterocycles. The van der Waals surface area contributed by atoms with Crippen molar-refractivity contribution in [1.82, 2.24) is 9.97 Å². The molecule has 0 fully saturated rings. The van der Waals surface area contributed by atoms with E-state index in [4.69, 9.17) is 5.73 Å². The van der Waals surface area contributed by atoms with Gasteiger partial charge in [0, 0.05) is 38.9 Å². The van der Waals surface area contributed by atoms with E-state index in [1.54, 1.807) is 37.5 Å². The number of pyridine rings is 1. The van der Waals surface area contributed by atoms with Crippen LogP contribution in [0.5, 0.6) is 0 Å². The van der Waals surface area contributed by atoms with Gasteiger partial charge in [0.15, 0.2) is 5.78 Å². The third-order valence-electron chi connectivity index (χ3n) is 3.59. The van der Waals surface area contributed by atoms with Gasteiger partial charge in [0.2, 0.25) is 5.91 Å². The number of fused-ring (bicyclic) bond motifs is 1. The quantitative estimate of drug-likeness (QED) is 0.706. The maximum Gasteiger partial charge on any atom is 0.248 e.